The van der Waals surface area contributed by atoms with Crippen LogP contribution in [0.1, 0.15) is 46.8 Å². The van der Waals surface area contributed by atoms with Gasteiger partial charge >= 0.3 is 12.1 Å². The number of nitrogens with two attached hydrogens (primary N) is 1. The highest BCUT2D eigenvalue weighted by molar-refractivity contribution is 6.00. The van der Waals surface area contributed by atoms with Crippen LogP contribution in [0.25, 0.3) is 11.1 Å². The molecule has 6 nitrogen and oxygen atoms in total. The normalized spacial score (nSPS) is 17.1. The second kappa shape index (κ2) is 10.1. The lowest BCUT2D eigenvalue weighted by atomic mass is 9.88. The van der Waals surface area contributed by atoms with Gasteiger partial charge in [0.2, 0.25) is 5.91 Å². The molecule has 0 saturated carbocycles. The summed E-state index contributed by atoms with van der Waals surface area (Å²) < 4.78 is 45.0. The summed E-state index contributed by atoms with van der Waals surface area (Å²) in [6.07, 6.45) is -3.43. The Bertz CT molecular complexity index is 1340. The van der Waals surface area contributed by atoms with Crippen molar-refractivity contribution in [3.63, 3.8) is 0 Å². The van der Waals surface area contributed by atoms with Gasteiger partial charge in [-0.3, -0.25) is 14.5 Å². The van der Waals surface area contributed by atoms with E-state index in [-0.39, 0.29) is 24.4 Å². The summed E-state index contributed by atoms with van der Waals surface area (Å²) in [5.41, 5.74) is 4.53. The number of benzene rings is 3. The first kappa shape index (κ1) is 25.9. The summed E-state index contributed by atoms with van der Waals surface area (Å²) in [7, 11) is 0. The fourth-order valence-electron chi connectivity index (χ4n) is 4.62. The summed E-state index contributed by atoms with van der Waals surface area (Å²) in [6, 6.07) is 17.4. The molecule has 3 aromatic carbocycles. The molecule has 2 amide bonds. The van der Waals surface area contributed by atoms with E-state index in [1.54, 1.807) is 42.5 Å². The lowest BCUT2D eigenvalue weighted by Gasteiger charge is -2.44. The minimum Gasteiger partial charge on any atom is -0.421 e. The van der Waals surface area contributed by atoms with E-state index in [1.807, 2.05) is 6.92 Å². The predicted octanol–water partition coefficient (Wildman–Crippen LogP) is 5.05. The van der Waals surface area contributed by atoms with Gasteiger partial charge in [0.1, 0.15) is 0 Å². The SMILES string of the molecule is CCCC(=O)N1CCc2ccccc2C1(OC(=O)c1ccccc1-c1ccc(C(F)(F)F)cc1)C(N)=O. The summed E-state index contributed by atoms with van der Waals surface area (Å²) in [6.45, 7) is 1.93. The van der Waals surface area contributed by atoms with Gasteiger partial charge in [-0.15, -0.1) is 0 Å². The van der Waals surface area contributed by atoms with Gasteiger partial charge in [0, 0.05) is 18.5 Å². The first-order valence-corrected chi connectivity index (χ1v) is 11.8. The minimum absolute atomic E-state index is 0.00817. The predicted molar refractivity (Wildman–Crippen MR) is 130 cm³/mol. The van der Waals surface area contributed by atoms with E-state index >= 15 is 0 Å². The van der Waals surface area contributed by atoms with Crippen molar-refractivity contribution in [3.8, 4) is 11.1 Å². The third-order valence-electron chi connectivity index (χ3n) is 6.38. The monoisotopic (exact) mass is 510 g/mol. The number of rotatable bonds is 6. The van der Waals surface area contributed by atoms with Gasteiger partial charge in [0.05, 0.1) is 11.1 Å². The number of alkyl halides is 3. The van der Waals surface area contributed by atoms with Crippen LogP contribution in [0, 0.1) is 0 Å². The van der Waals surface area contributed by atoms with Crippen LogP contribution in [-0.2, 0) is 32.6 Å². The maximum Gasteiger partial charge on any atom is 0.416 e. The molecule has 3 aromatic rings. The minimum atomic E-state index is -4.51. The number of primary amides is 1. The fourth-order valence-corrected chi connectivity index (χ4v) is 4.62. The Balaban J connectivity index is 1.80. The van der Waals surface area contributed by atoms with Gasteiger partial charge in [-0.05, 0) is 47.7 Å². The standard InChI is InChI=1S/C28H25F3N2O4/c1-2-7-24(34)33-17-16-19-8-3-6-11-23(19)27(33,26(32)36)37-25(35)22-10-5-4-9-21(22)18-12-14-20(15-13-18)28(29,30)31/h3-6,8-15H,2,7,16-17H2,1H3,(H2,32,36). The third-order valence-corrected chi connectivity index (χ3v) is 6.38. The van der Waals surface area contributed by atoms with Crippen LogP contribution in [-0.4, -0.2) is 29.2 Å². The third kappa shape index (κ3) is 4.81. The molecule has 0 aromatic heterocycles. The van der Waals surface area contributed by atoms with Crippen LogP contribution in [0.2, 0.25) is 0 Å². The molecular formula is C28H25F3N2O4. The van der Waals surface area contributed by atoms with E-state index < -0.39 is 29.3 Å². The fraction of sp³-hybridized carbons (Fsp3) is 0.250. The molecule has 1 aliphatic rings. The van der Waals surface area contributed by atoms with Gasteiger partial charge in [-0.25, -0.2) is 4.79 Å². The molecule has 0 bridgehead atoms. The van der Waals surface area contributed by atoms with Gasteiger partial charge in [0.25, 0.3) is 11.6 Å². The van der Waals surface area contributed by atoms with Crippen LogP contribution in [0.3, 0.4) is 0 Å². The van der Waals surface area contributed by atoms with Crippen molar-refractivity contribution in [3.05, 3.63) is 95.1 Å². The second-order valence-electron chi connectivity index (χ2n) is 8.72. The van der Waals surface area contributed by atoms with Gasteiger partial charge < -0.3 is 10.5 Å². The van der Waals surface area contributed by atoms with Crippen LogP contribution in [0.5, 0.6) is 0 Å². The zero-order valence-electron chi connectivity index (χ0n) is 20.0. The van der Waals surface area contributed by atoms with Gasteiger partial charge in [-0.2, -0.15) is 13.2 Å². The Morgan fingerprint density at radius 1 is 0.973 bits per heavy atom. The Morgan fingerprint density at radius 3 is 2.27 bits per heavy atom. The summed E-state index contributed by atoms with van der Waals surface area (Å²) in [4.78, 5) is 41.0. The topological polar surface area (TPSA) is 89.7 Å². The Kier molecular flexibility index (Phi) is 7.07. The highest BCUT2D eigenvalue weighted by Gasteiger charge is 2.53. The molecule has 1 heterocycles. The maximum absolute atomic E-state index is 13.6. The lowest BCUT2D eigenvalue weighted by Crippen LogP contribution is -2.62. The number of hydrogen-bond donors (Lipinski definition) is 1. The highest BCUT2D eigenvalue weighted by Crippen LogP contribution is 2.39. The van der Waals surface area contributed by atoms with Crippen molar-refractivity contribution in [2.75, 3.05) is 6.54 Å². The number of carbonyl (C=O) groups is 3. The van der Waals surface area contributed by atoms with Crippen molar-refractivity contribution in [1.29, 1.82) is 0 Å². The van der Waals surface area contributed by atoms with E-state index in [0.29, 0.717) is 35.1 Å². The second-order valence-corrected chi connectivity index (χ2v) is 8.72. The molecule has 0 fully saturated rings. The van der Waals surface area contributed by atoms with E-state index in [1.165, 1.54) is 23.1 Å². The summed E-state index contributed by atoms with van der Waals surface area (Å²) in [5.74, 6) is -2.36. The lowest BCUT2D eigenvalue weighted by molar-refractivity contribution is -0.178. The van der Waals surface area contributed by atoms with Crippen molar-refractivity contribution < 1.29 is 32.3 Å². The number of ether oxygens (including phenoxy) is 1. The summed E-state index contributed by atoms with van der Waals surface area (Å²) >= 11 is 0. The molecule has 37 heavy (non-hydrogen) atoms. The smallest absolute Gasteiger partial charge is 0.416 e. The van der Waals surface area contributed by atoms with Crippen LogP contribution in [0.4, 0.5) is 13.2 Å². The van der Waals surface area contributed by atoms with Gasteiger partial charge in [0.15, 0.2) is 0 Å². The number of halogens is 3. The highest BCUT2D eigenvalue weighted by atomic mass is 19.4. The molecule has 4 rings (SSSR count). The van der Waals surface area contributed by atoms with Crippen LogP contribution >= 0.6 is 0 Å². The molecule has 0 aliphatic carbocycles. The molecule has 192 valence electrons. The van der Waals surface area contributed by atoms with Crippen molar-refractivity contribution in [1.82, 2.24) is 4.90 Å². The first-order valence-electron chi connectivity index (χ1n) is 11.8. The number of esters is 1. The molecule has 1 aliphatic heterocycles. The quantitative estimate of drug-likeness (QED) is 0.470. The zero-order chi connectivity index (χ0) is 26.8. The average molecular weight is 511 g/mol. The molecule has 9 heteroatoms. The van der Waals surface area contributed by atoms with E-state index in [2.05, 4.69) is 0 Å². The average Bonchev–Trinajstić information content (AvgIpc) is 2.88. The molecule has 0 spiro atoms. The van der Waals surface area contributed by atoms with E-state index in [9.17, 15) is 27.6 Å². The molecule has 2 N–H and O–H groups in total. The Morgan fingerprint density at radius 2 is 1.62 bits per heavy atom. The molecule has 0 saturated heterocycles. The number of fused-ring (bicyclic) bond motifs is 1. The molecule has 0 radical (unpaired) electrons. The molecule has 1 unspecified atom stereocenters. The van der Waals surface area contributed by atoms with E-state index in [4.69, 9.17) is 10.5 Å². The zero-order valence-corrected chi connectivity index (χ0v) is 20.0. The van der Waals surface area contributed by atoms with Crippen molar-refractivity contribution >= 4 is 17.8 Å². The Labute approximate surface area is 211 Å². The first-order chi connectivity index (χ1) is 17.6. The Hall–Kier alpha value is -4.14. The maximum atomic E-state index is 13.6. The molecular weight excluding hydrogens is 485 g/mol. The number of nitrogens with zero attached hydrogens (tertiary/aromatic N) is 1. The van der Waals surface area contributed by atoms with Crippen molar-refractivity contribution in [2.45, 2.75) is 38.1 Å². The molecule has 1 atom stereocenters. The number of amides is 2. The van der Waals surface area contributed by atoms with Crippen molar-refractivity contribution in [2.24, 2.45) is 5.73 Å². The van der Waals surface area contributed by atoms with E-state index in [0.717, 1.165) is 12.1 Å². The summed E-state index contributed by atoms with van der Waals surface area (Å²) in [5, 5.41) is 0. The van der Waals surface area contributed by atoms with Crippen LogP contribution < -0.4 is 5.73 Å². The van der Waals surface area contributed by atoms with Crippen LogP contribution in [0.15, 0.2) is 72.8 Å². The number of carbonyl (C=O) groups excluding carboxylic acids is 3. The number of hydrogen-bond acceptors (Lipinski definition) is 4. The van der Waals surface area contributed by atoms with Gasteiger partial charge in [-0.1, -0.05) is 61.5 Å². The largest absolute Gasteiger partial charge is 0.421 e.